The first-order valence-corrected chi connectivity index (χ1v) is 6.50. The Balaban J connectivity index is 2.10. The van der Waals surface area contributed by atoms with E-state index in [1.165, 1.54) is 10.9 Å². The fourth-order valence-electron chi connectivity index (χ4n) is 2.39. The van der Waals surface area contributed by atoms with Gasteiger partial charge >= 0.3 is 5.97 Å². The number of halogens is 1. The smallest absolute Gasteiger partial charge is 0.323 e. The van der Waals surface area contributed by atoms with Crippen molar-refractivity contribution in [2.24, 2.45) is 0 Å². The van der Waals surface area contributed by atoms with Crippen LogP contribution in [0, 0.1) is 0 Å². The van der Waals surface area contributed by atoms with E-state index in [0.717, 1.165) is 31.0 Å². The maximum atomic E-state index is 10.8. The molecule has 0 atom stereocenters. The monoisotopic (exact) mass is 282 g/mol. The molecule has 3 rings (SSSR count). The molecule has 8 heteroatoms. The number of hydrogen-bond acceptors (Lipinski definition) is 4. The van der Waals surface area contributed by atoms with Crippen LogP contribution < -0.4 is 9.47 Å². The van der Waals surface area contributed by atoms with Crippen molar-refractivity contribution in [3.63, 3.8) is 0 Å². The third kappa shape index (κ3) is 1.99. The molecule has 0 unspecified atom stereocenters. The molecule has 0 aromatic carbocycles. The fraction of sp³-hybridized carbons (Fsp3) is 0.455. The van der Waals surface area contributed by atoms with Gasteiger partial charge in [0.15, 0.2) is 5.52 Å². The van der Waals surface area contributed by atoms with Gasteiger partial charge in [-0.15, -0.1) is 11.6 Å². The Hall–Kier alpha value is -1.89. The molecule has 0 spiro atoms. The number of rotatable bonds is 4. The van der Waals surface area contributed by atoms with Crippen LogP contribution in [0.5, 0.6) is 0 Å². The van der Waals surface area contributed by atoms with Crippen molar-refractivity contribution in [1.82, 2.24) is 14.5 Å². The molecule has 0 radical (unpaired) electrons. The number of aliphatic carboxylic acids is 1. The van der Waals surface area contributed by atoms with E-state index in [4.69, 9.17) is 16.7 Å². The Morgan fingerprint density at radius 2 is 2.37 bits per heavy atom. The predicted octanol–water partition coefficient (Wildman–Crippen LogP) is -0.138. The van der Waals surface area contributed by atoms with Crippen LogP contribution in [0.25, 0.3) is 11.2 Å². The van der Waals surface area contributed by atoms with Crippen LogP contribution in [-0.2, 0) is 17.9 Å². The van der Waals surface area contributed by atoms with E-state index in [-0.39, 0.29) is 6.54 Å². The van der Waals surface area contributed by atoms with Gasteiger partial charge in [-0.05, 0) is 0 Å². The zero-order valence-corrected chi connectivity index (χ0v) is 10.9. The summed E-state index contributed by atoms with van der Waals surface area (Å²) in [7, 11) is 0. The van der Waals surface area contributed by atoms with Crippen LogP contribution in [0.15, 0.2) is 12.7 Å². The van der Waals surface area contributed by atoms with E-state index in [2.05, 4.69) is 14.9 Å². The largest absolute Gasteiger partial charge is 0.480 e. The van der Waals surface area contributed by atoms with Gasteiger partial charge in [0.2, 0.25) is 12.0 Å². The quantitative estimate of drug-likeness (QED) is 0.624. The lowest BCUT2D eigenvalue weighted by molar-refractivity contribution is -0.672. The van der Waals surface area contributed by atoms with Gasteiger partial charge in [0.05, 0.1) is 25.3 Å². The minimum atomic E-state index is -0.910. The minimum absolute atomic E-state index is 0.136. The van der Waals surface area contributed by atoms with Gasteiger partial charge in [-0.25, -0.2) is 9.55 Å². The predicted molar refractivity (Wildman–Crippen MR) is 68.3 cm³/mol. The summed E-state index contributed by atoms with van der Waals surface area (Å²) >= 11 is 5.80. The maximum Gasteiger partial charge on any atom is 0.323 e. The van der Waals surface area contributed by atoms with Crippen molar-refractivity contribution in [1.29, 1.82) is 0 Å². The number of carboxylic acids is 1. The molecule has 0 aliphatic carbocycles. The van der Waals surface area contributed by atoms with E-state index in [1.807, 2.05) is 4.57 Å². The number of hydrogen-bond donors (Lipinski definition) is 1. The Bertz CT molecular complexity index is 639. The number of nitrogens with zero attached hydrogens (tertiary/aromatic N) is 5. The van der Waals surface area contributed by atoms with Crippen molar-refractivity contribution < 1.29 is 14.5 Å². The molecule has 1 aliphatic rings. The second-order valence-corrected chi connectivity index (χ2v) is 4.75. The van der Waals surface area contributed by atoms with Crippen LogP contribution in [0.1, 0.15) is 0 Å². The normalized spacial score (nSPS) is 14.1. The fourth-order valence-corrected chi connectivity index (χ4v) is 2.60. The number of carbonyl (C=O) groups is 1. The van der Waals surface area contributed by atoms with Crippen molar-refractivity contribution in [2.75, 3.05) is 23.9 Å². The third-order valence-corrected chi connectivity index (χ3v) is 3.35. The number of imidazole rings is 1. The first-order chi connectivity index (χ1) is 9.20. The molecule has 0 amide bonds. The summed E-state index contributed by atoms with van der Waals surface area (Å²) in [6, 6.07) is 0. The van der Waals surface area contributed by atoms with Gasteiger partial charge < -0.3 is 5.11 Å². The summed E-state index contributed by atoms with van der Waals surface area (Å²) in [5.41, 5.74) is 1.32. The van der Waals surface area contributed by atoms with Crippen molar-refractivity contribution in [3.05, 3.63) is 12.7 Å². The molecule has 1 aliphatic heterocycles. The third-order valence-electron chi connectivity index (χ3n) is 3.18. The SMILES string of the molecule is O=C(O)Cn1cnc2c3[n+](cnc21)CCN3CCCl. The Kier molecular flexibility index (Phi) is 2.98. The van der Waals surface area contributed by atoms with Gasteiger partial charge in [-0.3, -0.25) is 14.3 Å². The second kappa shape index (κ2) is 4.65. The molecule has 7 nitrogen and oxygen atoms in total. The van der Waals surface area contributed by atoms with Gasteiger partial charge in [0.25, 0.3) is 5.82 Å². The van der Waals surface area contributed by atoms with Crippen LogP contribution in [-0.4, -0.2) is 44.6 Å². The second-order valence-electron chi connectivity index (χ2n) is 4.38. The number of alkyl halides is 1. The minimum Gasteiger partial charge on any atom is -0.480 e. The lowest BCUT2D eigenvalue weighted by Gasteiger charge is -2.10. The van der Waals surface area contributed by atoms with E-state index < -0.39 is 5.97 Å². The molecule has 0 bridgehead atoms. The van der Waals surface area contributed by atoms with E-state index >= 15 is 0 Å². The van der Waals surface area contributed by atoms with Crippen LogP contribution >= 0.6 is 11.6 Å². The molecule has 2 aromatic rings. The highest BCUT2D eigenvalue weighted by Crippen LogP contribution is 2.23. The van der Waals surface area contributed by atoms with E-state index in [9.17, 15) is 4.79 Å². The summed E-state index contributed by atoms with van der Waals surface area (Å²) in [6.07, 6.45) is 3.25. The molecular formula is C11H13ClN5O2+. The first-order valence-electron chi connectivity index (χ1n) is 5.96. The molecule has 1 N–H and O–H groups in total. The van der Waals surface area contributed by atoms with Crippen molar-refractivity contribution in [2.45, 2.75) is 13.1 Å². The summed E-state index contributed by atoms with van der Waals surface area (Å²) in [4.78, 5) is 21.6. The summed E-state index contributed by atoms with van der Waals surface area (Å²) < 4.78 is 3.56. The first kappa shape index (κ1) is 12.2. The topological polar surface area (TPSA) is 75.1 Å². The summed E-state index contributed by atoms with van der Waals surface area (Å²) in [5.74, 6) is 0.598. The van der Waals surface area contributed by atoms with Gasteiger partial charge in [-0.2, -0.15) is 0 Å². The van der Waals surface area contributed by atoms with E-state index in [1.54, 1.807) is 6.33 Å². The van der Waals surface area contributed by atoms with Gasteiger partial charge in [0, 0.05) is 0 Å². The molecule has 0 saturated heterocycles. The standard InChI is InChI=1S/C11H12ClN5O2/c12-1-2-15-3-4-16-7-14-10-9(11(15)16)13-6-17(10)5-8(18)19/h6-7H,1-5H2/p+1. The number of carboxylic acid groups (broad SMARTS) is 1. The Labute approximate surface area is 114 Å². The molecule has 3 heterocycles. The molecule has 2 aromatic heterocycles. The van der Waals surface area contributed by atoms with Gasteiger partial charge in [0.1, 0.15) is 13.1 Å². The van der Waals surface area contributed by atoms with E-state index in [0.29, 0.717) is 11.5 Å². The molecule has 19 heavy (non-hydrogen) atoms. The highest BCUT2D eigenvalue weighted by molar-refractivity contribution is 6.18. The molecular weight excluding hydrogens is 270 g/mol. The van der Waals surface area contributed by atoms with Crippen LogP contribution in [0.4, 0.5) is 5.82 Å². The highest BCUT2D eigenvalue weighted by Gasteiger charge is 2.30. The number of fused-ring (bicyclic) bond motifs is 3. The zero-order chi connectivity index (χ0) is 13.4. The lowest BCUT2D eigenvalue weighted by Crippen LogP contribution is -2.32. The molecule has 100 valence electrons. The summed E-state index contributed by atoms with van der Waals surface area (Å²) in [6.45, 7) is 2.33. The lowest BCUT2D eigenvalue weighted by atomic mass is 10.4. The van der Waals surface area contributed by atoms with Gasteiger partial charge in [-0.1, -0.05) is 4.98 Å². The average molecular weight is 283 g/mol. The molecule has 0 fully saturated rings. The zero-order valence-electron chi connectivity index (χ0n) is 10.2. The maximum absolute atomic E-state index is 10.8. The summed E-state index contributed by atoms with van der Waals surface area (Å²) in [5, 5.41) is 8.86. The Morgan fingerprint density at radius 3 is 3.11 bits per heavy atom. The van der Waals surface area contributed by atoms with Crippen LogP contribution in [0.2, 0.25) is 0 Å². The van der Waals surface area contributed by atoms with Crippen LogP contribution in [0.3, 0.4) is 0 Å². The van der Waals surface area contributed by atoms with Crippen molar-refractivity contribution >= 4 is 34.6 Å². The van der Waals surface area contributed by atoms with Crippen molar-refractivity contribution in [3.8, 4) is 0 Å². The average Bonchev–Trinajstić information content (AvgIpc) is 2.94. The Morgan fingerprint density at radius 1 is 1.53 bits per heavy atom. The number of anilines is 1. The highest BCUT2D eigenvalue weighted by atomic mass is 35.5. The number of aromatic nitrogens is 4. The molecule has 0 saturated carbocycles.